The van der Waals surface area contributed by atoms with Gasteiger partial charge >= 0.3 is 0 Å². The Morgan fingerprint density at radius 1 is 1.42 bits per heavy atom. The average Bonchev–Trinajstić information content (AvgIpc) is 2.82. The van der Waals surface area contributed by atoms with E-state index in [4.69, 9.17) is 4.74 Å². The van der Waals surface area contributed by atoms with E-state index in [1.165, 1.54) is 11.8 Å². The fourth-order valence-corrected chi connectivity index (χ4v) is 3.22. The van der Waals surface area contributed by atoms with Crippen LogP contribution in [0.5, 0.6) is 5.75 Å². The third-order valence-corrected chi connectivity index (χ3v) is 5.27. The van der Waals surface area contributed by atoms with Crippen molar-refractivity contribution in [3.05, 3.63) is 29.3 Å². The summed E-state index contributed by atoms with van der Waals surface area (Å²) in [7, 11) is -3.11. The molecule has 2 atom stereocenters. The Bertz CT molecular complexity index is 554. The van der Waals surface area contributed by atoms with E-state index in [9.17, 15) is 8.42 Å². The Balaban J connectivity index is 2.43. The third-order valence-electron chi connectivity index (χ3n) is 3.65. The highest BCUT2D eigenvalue weighted by molar-refractivity contribution is 7.91. The zero-order chi connectivity index (χ0) is 14.0. The van der Waals surface area contributed by atoms with Gasteiger partial charge in [-0.15, -0.1) is 0 Å². The molecule has 0 aromatic heterocycles. The van der Waals surface area contributed by atoms with Crippen LogP contribution < -0.4 is 10.1 Å². The van der Waals surface area contributed by atoms with E-state index < -0.39 is 15.1 Å². The first kappa shape index (κ1) is 14.3. The number of hydrogen-bond acceptors (Lipinski definition) is 4. The second kappa shape index (κ2) is 5.51. The molecule has 0 saturated carbocycles. The number of fused-ring (bicyclic) bond motifs is 1. The molecule has 2 unspecified atom stereocenters. The standard InChI is InChI=1S/C14H21NO3S/c1-4-15-13(10(2)19(3,16)17)12-7-5-6-11-8-9-18-14(11)12/h5-7,10,13,15H,4,8-9H2,1-3H3. The van der Waals surface area contributed by atoms with Crippen LogP contribution in [0.25, 0.3) is 0 Å². The van der Waals surface area contributed by atoms with Crippen molar-refractivity contribution in [1.82, 2.24) is 5.32 Å². The topological polar surface area (TPSA) is 55.4 Å². The fourth-order valence-electron chi connectivity index (χ4n) is 2.48. The molecule has 1 aliphatic rings. The molecule has 1 heterocycles. The van der Waals surface area contributed by atoms with Gasteiger partial charge in [0.25, 0.3) is 0 Å². The van der Waals surface area contributed by atoms with Crippen LogP contribution in [-0.2, 0) is 16.3 Å². The largest absolute Gasteiger partial charge is 0.493 e. The zero-order valence-electron chi connectivity index (χ0n) is 11.6. The van der Waals surface area contributed by atoms with Crippen LogP contribution in [0.4, 0.5) is 0 Å². The molecule has 1 aliphatic heterocycles. The van der Waals surface area contributed by atoms with E-state index in [0.29, 0.717) is 13.2 Å². The summed E-state index contributed by atoms with van der Waals surface area (Å²) in [4.78, 5) is 0. The van der Waals surface area contributed by atoms with Crippen molar-refractivity contribution in [2.45, 2.75) is 31.6 Å². The minimum absolute atomic E-state index is 0.229. The number of sulfone groups is 1. The van der Waals surface area contributed by atoms with Gasteiger partial charge in [0.1, 0.15) is 5.75 Å². The van der Waals surface area contributed by atoms with Crippen LogP contribution in [-0.4, -0.2) is 33.1 Å². The fraction of sp³-hybridized carbons (Fsp3) is 0.571. The molecule has 0 spiro atoms. The van der Waals surface area contributed by atoms with Crippen LogP contribution in [0, 0.1) is 0 Å². The van der Waals surface area contributed by atoms with Crippen molar-refractivity contribution in [3.63, 3.8) is 0 Å². The second-order valence-corrected chi connectivity index (χ2v) is 7.41. The molecule has 2 rings (SSSR count). The van der Waals surface area contributed by atoms with Gasteiger partial charge in [0.2, 0.25) is 0 Å². The Morgan fingerprint density at radius 3 is 2.79 bits per heavy atom. The summed E-state index contributed by atoms with van der Waals surface area (Å²) in [6.45, 7) is 5.12. The molecule has 0 bridgehead atoms. The molecular weight excluding hydrogens is 262 g/mol. The maximum Gasteiger partial charge on any atom is 0.151 e. The second-order valence-electron chi connectivity index (χ2n) is 5.00. The Morgan fingerprint density at radius 2 is 2.16 bits per heavy atom. The van der Waals surface area contributed by atoms with E-state index in [1.807, 2.05) is 25.1 Å². The molecule has 19 heavy (non-hydrogen) atoms. The molecule has 1 aromatic rings. The van der Waals surface area contributed by atoms with Gasteiger partial charge in [-0.25, -0.2) is 8.42 Å². The molecule has 0 aliphatic carbocycles. The summed E-state index contributed by atoms with van der Waals surface area (Å²) >= 11 is 0. The minimum Gasteiger partial charge on any atom is -0.493 e. The molecule has 0 saturated heterocycles. The van der Waals surface area contributed by atoms with Gasteiger partial charge < -0.3 is 10.1 Å². The first-order valence-corrected chi connectivity index (χ1v) is 8.57. The van der Waals surface area contributed by atoms with Gasteiger partial charge in [0, 0.05) is 18.2 Å². The van der Waals surface area contributed by atoms with E-state index in [-0.39, 0.29) is 6.04 Å². The molecule has 1 N–H and O–H groups in total. The van der Waals surface area contributed by atoms with E-state index in [0.717, 1.165) is 17.7 Å². The van der Waals surface area contributed by atoms with Crippen molar-refractivity contribution in [2.24, 2.45) is 0 Å². The first-order valence-electron chi connectivity index (χ1n) is 6.62. The monoisotopic (exact) mass is 283 g/mol. The first-order chi connectivity index (χ1) is 8.95. The van der Waals surface area contributed by atoms with E-state index >= 15 is 0 Å². The summed E-state index contributed by atoms with van der Waals surface area (Å²) in [6, 6.07) is 5.74. The van der Waals surface area contributed by atoms with Crippen LogP contribution in [0.1, 0.15) is 31.0 Å². The molecule has 4 nitrogen and oxygen atoms in total. The van der Waals surface area contributed by atoms with Crippen molar-refractivity contribution in [3.8, 4) is 5.75 Å². The average molecular weight is 283 g/mol. The molecular formula is C14H21NO3S. The summed E-state index contributed by atoms with van der Waals surface area (Å²) < 4.78 is 29.4. The van der Waals surface area contributed by atoms with Crippen LogP contribution >= 0.6 is 0 Å². The SMILES string of the molecule is CCNC(c1cccc2c1OCC2)C(C)S(C)(=O)=O. The predicted molar refractivity (Wildman–Crippen MR) is 76.4 cm³/mol. The van der Waals surface area contributed by atoms with Crippen molar-refractivity contribution >= 4 is 9.84 Å². The van der Waals surface area contributed by atoms with Gasteiger partial charge in [-0.05, 0) is 19.0 Å². The summed E-state index contributed by atoms with van der Waals surface area (Å²) in [5.74, 6) is 0.865. The highest BCUT2D eigenvalue weighted by Crippen LogP contribution is 2.35. The number of nitrogens with one attached hydrogen (secondary N) is 1. The quantitative estimate of drug-likeness (QED) is 0.893. The Labute approximate surface area is 115 Å². The molecule has 0 fully saturated rings. The van der Waals surface area contributed by atoms with Gasteiger partial charge in [0.15, 0.2) is 9.84 Å². The minimum atomic E-state index is -3.11. The van der Waals surface area contributed by atoms with Crippen molar-refractivity contribution < 1.29 is 13.2 Å². The van der Waals surface area contributed by atoms with Crippen LogP contribution in [0.3, 0.4) is 0 Å². The lowest BCUT2D eigenvalue weighted by Crippen LogP contribution is -2.35. The molecule has 5 heteroatoms. The Hall–Kier alpha value is -1.07. The smallest absolute Gasteiger partial charge is 0.151 e. The molecule has 1 aromatic carbocycles. The molecule has 0 radical (unpaired) electrons. The lowest BCUT2D eigenvalue weighted by Gasteiger charge is -2.25. The zero-order valence-corrected chi connectivity index (χ0v) is 12.5. The molecule has 106 valence electrons. The Kier molecular flexibility index (Phi) is 4.16. The summed E-state index contributed by atoms with van der Waals surface area (Å²) in [5, 5.41) is 2.79. The highest BCUT2D eigenvalue weighted by atomic mass is 32.2. The van der Waals surface area contributed by atoms with Gasteiger partial charge in [-0.3, -0.25) is 0 Å². The normalized spacial score (nSPS) is 17.6. The van der Waals surface area contributed by atoms with Crippen LogP contribution in [0.2, 0.25) is 0 Å². The number of benzene rings is 1. The highest BCUT2D eigenvalue weighted by Gasteiger charge is 2.30. The third kappa shape index (κ3) is 2.92. The van der Waals surface area contributed by atoms with Gasteiger partial charge in [-0.1, -0.05) is 25.1 Å². The maximum atomic E-state index is 11.8. The summed E-state index contributed by atoms with van der Waals surface area (Å²) in [6.07, 6.45) is 2.18. The van der Waals surface area contributed by atoms with Gasteiger partial charge in [0.05, 0.1) is 17.9 Å². The number of hydrogen-bond donors (Lipinski definition) is 1. The number of para-hydroxylation sites is 1. The lowest BCUT2D eigenvalue weighted by atomic mass is 9.99. The maximum absolute atomic E-state index is 11.8. The van der Waals surface area contributed by atoms with Gasteiger partial charge in [-0.2, -0.15) is 0 Å². The number of ether oxygens (including phenoxy) is 1. The van der Waals surface area contributed by atoms with Crippen LogP contribution in [0.15, 0.2) is 18.2 Å². The number of rotatable bonds is 5. The summed E-state index contributed by atoms with van der Waals surface area (Å²) in [5.41, 5.74) is 2.12. The predicted octanol–water partition coefficient (Wildman–Crippen LogP) is 1.71. The lowest BCUT2D eigenvalue weighted by molar-refractivity contribution is 0.347. The van der Waals surface area contributed by atoms with E-state index in [2.05, 4.69) is 5.32 Å². The van der Waals surface area contributed by atoms with E-state index in [1.54, 1.807) is 6.92 Å². The molecule has 0 amide bonds. The van der Waals surface area contributed by atoms with Crippen molar-refractivity contribution in [2.75, 3.05) is 19.4 Å². The van der Waals surface area contributed by atoms with Crippen molar-refractivity contribution in [1.29, 1.82) is 0 Å².